The van der Waals surface area contributed by atoms with Crippen molar-refractivity contribution in [3.05, 3.63) is 104 Å². The minimum absolute atomic E-state index is 0.00691. The van der Waals surface area contributed by atoms with Crippen LogP contribution in [0.25, 0.3) is 0 Å². The van der Waals surface area contributed by atoms with Crippen LogP contribution in [0.5, 0.6) is 11.5 Å². The van der Waals surface area contributed by atoms with Crippen LogP contribution < -0.4 is 21.4 Å². The highest BCUT2D eigenvalue weighted by Gasteiger charge is 2.20. The zero-order valence-electron chi connectivity index (χ0n) is 22.4. The summed E-state index contributed by atoms with van der Waals surface area (Å²) in [7, 11) is 0. The molecule has 0 saturated carbocycles. The molecule has 0 spiro atoms. The highest BCUT2D eigenvalue weighted by atomic mass is 35.5. The molecule has 4 aromatic rings. The van der Waals surface area contributed by atoms with Gasteiger partial charge in [-0.3, -0.25) is 19.1 Å². The summed E-state index contributed by atoms with van der Waals surface area (Å²) in [5, 5.41) is 12.4. The third-order valence-corrected chi connectivity index (χ3v) is 6.48. The second-order valence-electron chi connectivity index (χ2n) is 9.47. The average Bonchev–Trinajstić information content (AvgIpc) is 2.95. The molecule has 0 aliphatic carbocycles. The second kappa shape index (κ2) is 13.1. The lowest BCUT2D eigenvalue weighted by atomic mass is 10.0. The van der Waals surface area contributed by atoms with Crippen LogP contribution in [0.3, 0.4) is 0 Å². The van der Waals surface area contributed by atoms with Gasteiger partial charge >= 0.3 is 17.3 Å². The van der Waals surface area contributed by atoms with Gasteiger partial charge in [0.15, 0.2) is 0 Å². The second-order valence-corrected chi connectivity index (χ2v) is 9.91. The largest absolute Gasteiger partial charge is 0.481 e. The molecule has 0 saturated heterocycles. The van der Waals surface area contributed by atoms with E-state index in [0.717, 1.165) is 15.8 Å². The summed E-state index contributed by atoms with van der Waals surface area (Å²) in [6.07, 6.45) is 1.10. The number of aryl methyl sites for hydroxylation is 1. The number of aromatic nitrogens is 4. The highest BCUT2D eigenvalue weighted by Crippen LogP contribution is 2.24. The Labute approximate surface area is 240 Å². The maximum Gasteiger partial charge on any atom is 0.354 e. The fraction of sp³-hybridized carbons (Fsp3) is 0.241. The summed E-state index contributed by atoms with van der Waals surface area (Å²) in [6, 6.07) is 17.4. The molecule has 0 aliphatic heterocycles. The molecule has 41 heavy (non-hydrogen) atoms. The fourth-order valence-corrected chi connectivity index (χ4v) is 4.06. The SMILES string of the molecule is Cc1ccc(Oc2ccc(Nc3nc(=O)n(C[C@H](C)C(=O)CCC(=O)O)c(=O)n3Cc3ccc(Cl)cc3)cc2)cn1. The number of rotatable bonds is 12. The summed E-state index contributed by atoms with van der Waals surface area (Å²) >= 11 is 6.01. The molecule has 212 valence electrons. The fourth-order valence-electron chi connectivity index (χ4n) is 3.93. The summed E-state index contributed by atoms with van der Waals surface area (Å²) < 4.78 is 7.99. The first-order valence-electron chi connectivity index (χ1n) is 12.8. The van der Waals surface area contributed by atoms with Crippen molar-refractivity contribution in [2.45, 2.75) is 39.8 Å². The van der Waals surface area contributed by atoms with Crippen LogP contribution in [0.1, 0.15) is 31.0 Å². The Bertz CT molecular complexity index is 1650. The molecule has 4 rings (SSSR count). The van der Waals surface area contributed by atoms with Gasteiger partial charge in [-0.05, 0) is 61.0 Å². The Morgan fingerprint density at radius 1 is 0.976 bits per heavy atom. The van der Waals surface area contributed by atoms with E-state index < -0.39 is 23.3 Å². The van der Waals surface area contributed by atoms with E-state index in [-0.39, 0.29) is 37.7 Å². The molecule has 2 heterocycles. The molecule has 0 amide bonds. The van der Waals surface area contributed by atoms with Crippen LogP contribution in [-0.2, 0) is 22.7 Å². The first-order chi connectivity index (χ1) is 19.6. The first kappa shape index (κ1) is 29.2. The van der Waals surface area contributed by atoms with Crippen molar-refractivity contribution < 1.29 is 19.4 Å². The Morgan fingerprint density at radius 2 is 1.66 bits per heavy atom. The highest BCUT2D eigenvalue weighted by molar-refractivity contribution is 6.30. The van der Waals surface area contributed by atoms with Crippen LogP contribution in [0, 0.1) is 12.8 Å². The number of pyridine rings is 1. The number of ether oxygens (including phenoxy) is 1. The molecule has 0 aliphatic rings. The quantitative estimate of drug-likeness (QED) is 0.250. The normalized spacial score (nSPS) is 11.6. The number of ketones is 1. The molecule has 1 atom stereocenters. The molecule has 0 bridgehead atoms. The minimum Gasteiger partial charge on any atom is -0.481 e. The van der Waals surface area contributed by atoms with Crippen molar-refractivity contribution in [2.24, 2.45) is 5.92 Å². The molecule has 0 fully saturated rings. The van der Waals surface area contributed by atoms with Gasteiger partial charge < -0.3 is 15.2 Å². The maximum atomic E-state index is 13.6. The molecular weight excluding hydrogens is 550 g/mol. The topological polar surface area (TPSA) is 145 Å². The molecule has 0 unspecified atom stereocenters. The third kappa shape index (κ3) is 7.89. The lowest BCUT2D eigenvalue weighted by Gasteiger charge is -2.17. The number of carboxylic acid groups (broad SMARTS) is 1. The molecule has 2 aromatic heterocycles. The average molecular weight is 578 g/mol. The van der Waals surface area contributed by atoms with E-state index in [1.54, 1.807) is 61.7 Å². The number of aliphatic carboxylic acids is 1. The number of nitrogens with zero attached hydrogens (tertiary/aromatic N) is 4. The van der Waals surface area contributed by atoms with E-state index in [9.17, 15) is 19.2 Å². The van der Waals surface area contributed by atoms with Gasteiger partial charge in [0.1, 0.15) is 17.3 Å². The number of benzene rings is 2. The maximum absolute atomic E-state index is 13.6. The smallest absolute Gasteiger partial charge is 0.354 e. The number of carbonyl (C=O) groups is 2. The summed E-state index contributed by atoms with van der Waals surface area (Å²) in [5.74, 6) is -1.09. The van der Waals surface area contributed by atoms with Crippen molar-refractivity contribution in [3.63, 3.8) is 0 Å². The number of nitrogens with one attached hydrogen (secondary N) is 1. The first-order valence-corrected chi connectivity index (χ1v) is 13.1. The Kier molecular flexibility index (Phi) is 9.30. The Hall–Kier alpha value is -4.77. The molecule has 2 aromatic carbocycles. The van der Waals surface area contributed by atoms with Crippen molar-refractivity contribution in [3.8, 4) is 11.5 Å². The van der Waals surface area contributed by atoms with E-state index in [4.69, 9.17) is 21.4 Å². The molecular formula is C29H28ClN5O6. The number of carbonyl (C=O) groups excluding carboxylic acids is 1. The minimum atomic E-state index is -1.10. The molecule has 0 radical (unpaired) electrons. The van der Waals surface area contributed by atoms with Gasteiger partial charge in [-0.1, -0.05) is 30.7 Å². The standard InChI is InChI=1S/C29H28ClN5O6/c1-18(25(36)13-14-26(37)38)16-35-28(39)33-27(34(29(35)40)17-20-4-6-21(30)7-5-20)32-22-8-11-23(12-9-22)41-24-10-3-19(2)31-15-24/h3-12,15,18H,13-14,16-17H2,1-2H3,(H,37,38)(H,32,33,39)/t18-/m0/s1. The van der Waals surface area contributed by atoms with E-state index in [0.29, 0.717) is 22.2 Å². The van der Waals surface area contributed by atoms with Crippen molar-refractivity contribution >= 4 is 35.0 Å². The van der Waals surface area contributed by atoms with Gasteiger partial charge in [0.05, 0.1) is 19.2 Å². The van der Waals surface area contributed by atoms with Crippen LogP contribution in [0.4, 0.5) is 11.6 Å². The third-order valence-electron chi connectivity index (χ3n) is 6.23. The van der Waals surface area contributed by atoms with E-state index in [1.165, 1.54) is 4.57 Å². The van der Waals surface area contributed by atoms with Gasteiger partial charge in [0.25, 0.3) is 0 Å². The van der Waals surface area contributed by atoms with Crippen LogP contribution >= 0.6 is 11.6 Å². The van der Waals surface area contributed by atoms with Gasteiger partial charge in [-0.2, -0.15) is 4.98 Å². The zero-order chi connectivity index (χ0) is 29.5. The van der Waals surface area contributed by atoms with Gasteiger partial charge in [0, 0.05) is 35.3 Å². The van der Waals surface area contributed by atoms with Crippen molar-refractivity contribution in [2.75, 3.05) is 5.32 Å². The van der Waals surface area contributed by atoms with Crippen LogP contribution in [0.15, 0.2) is 76.4 Å². The number of hydrogen-bond donors (Lipinski definition) is 2. The summed E-state index contributed by atoms with van der Waals surface area (Å²) in [4.78, 5) is 58.1. The number of Topliss-reactive ketones (excluding diaryl/α,β-unsaturated/α-hetero) is 1. The Morgan fingerprint density at radius 3 is 2.29 bits per heavy atom. The van der Waals surface area contributed by atoms with E-state index in [2.05, 4.69) is 15.3 Å². The van der Waals surface area contributed by atoms with Gasteiger partial charge in [0.2, 0.25) is 5.95 Å². The molecule has 11 nitrogen and oxygen atoms in total. The van der Waals surface area contributed by atoms with Crippen molar-refractivity contribution in [1.29, 1.82) is 0 Å². The van der Waals surface area contributed by atoms with Crippen LogP contribution in [0.2, 0.25) is 5.02 Å². The lowest BCUT2D eigenvalue weighted by molar-refractivity contribution is -0.139. The number of carboxylic acids is 1. The van der Waals surface area contributed by atoms with E-state index >= 15 is 0 Å². The van der Waals surface area contributed by atoms with Gasteiger partial charge in [-0.15, -0.1) is 0 Å². The van der Waals surface area contributed by atoms with Gasteiger partial charge in [-0.25, -0.2) is 14.2 Å². The summed E-state index contributed by atoms with van der Waals surface area (Å²) in [5.41, 5.74) is 0.634. The van der Waals surface area contributed by atoms with Crippen molar-refractivity contribution in [1.82, 2.24) is 19.1 Å². The molecule has 12 heteroatoms. The predicted octanol–water partition coefficient (Wildman–Crippen LogP) is 4.42. The van der Waals surface area contributed by atoms with Crippen LogP contribution in [-0.4, -0.2) is 36.0 Å². The monoisotopic (exact) mass is 577 g/mol. The Balaban J connectivity index is 1.62. The predicted molar refractivity (Wildman–Crippen MR) is 153 cm³/mol. The summed E-state index contributed by atoms with van der Waals surface area (Å²) in [6.45, 7) is 3.26. The number of hydrogen-bond acceptors (Lipinski definition) is 8. The number of anilines is 2. The lowest BCUT2D eigenvalue weighted by Crippen LogP contribution is -2.44. The zero-order valence-corrected chi connectivity index (χ0v) is 23.2. The number of halogens is 1. The van der Waals surface area contributed by atoms with E-state index in [1.807, 2.05) is 19.1 Å². The molecule has 2 N–H and O–H groups in total.